The van der Waals surface area contributed by atoms with E-state index in [1.54, 1.807) is 12.1 Å². The van der Waals surface area contributed by atoms with Crippen LogP contribution >= 0.6 is 0 Å². The highest BCUT2D eigenvalue weighted by atomic mass is 16.5. The lowest BCUT2D eigenvalue weighted by Gasteiger charge is -2.24. The second-order valence-electron chi connectivity index (χ2n) is 4.39. The molecule has 7 nitrogen and oxygen atoms in total. The normalized spacial score (nSPS) is 15.3. The highest BCUT2D eigenvalue weighted by Crippen LogP contribution is 2.31. The number of anilines is 1. The van der Waals surface area contributed by atoms with Gasteiger partial charge < -0.3 is 24.0 Å². The van der Waals surface area contributed by atoms with Gasteiger partial charge in [0.05, 0.1) is 20.3 Å². The second-order valence-corrected chi connectivity index (χ2v) is 4.39. The first-order valence-corrected chi connectivity index (χ1v) is 6.31. The first kappa shape index (κ1) is 12.7. The van der Waals surface area contributed by atoms with Gasteiger partial charge in [0.1, 0.15) is 0 Å². The van der Waals surface area contributed by atoms with E-state index in [1.807, 2.05) is 4.90 Å². The SMILES string of the molecule is COc1cc(-c2nc(N3CCOCC3)no2)ccc1O. The van der Waals surface area contributed by atoms with Gasteiger partial charge in [-0.05, 0) is 23.4 Å². The Balaban J connectivity index is 1.85. The largest absolute Gasteiger partial charge is 0.504 e. The molecule has 7 heteroatoms. The van der Waals surface area contributed by atoms with Crippen molar-refractivity contribution in [2.45, 2.75) is 0 Å². The Kier molecular flexibility index (Phi) is 3.42. The third-order valence-corrected chi connectivity index (χ3v) is 3.14. The summed E-state index contributed by atoms with van der Waals surface area (Å²) in [5.41, 5.74) is 0.701. The molecule has 0 aliphatic carbocycles. The fraction of sp³-hybridized carbons (Fsp3) is 0.385. The van der Waals surface area contributed by atoms with E-state index in [0.29, 0.717) is 36.4 Å². The number of morpholine rings is 1. The Labute approximate surface area is 115 Å². The van der Waals surface area contributed by atoms with Crippen LogP contribution in [0.5, 0.6) is 11.5 Å². The lowest BCUT2D eigenvalue weighted by molar-refractivity contribution is 0.121. The maximum atomic E-state index is 9.58. The Bertz CT molecular complexity index is 593. The topological polar surface area (TPSA) is 80.9 Å². The Morgan fingerprint density at radius 2 is 2.10 bits per heavy atom. The number of benzene rings is 1. The van der Waals surface area contributed by atoms with E-state index in [-0.39, 0.29) is 5.75 Å². The number of hydrogen-bond donors (Lipinski definition) is 1. The molecule has 1 aromatic heterocycles. The molecule has 1 aliphatic rings. The smallest absolute Gasteiger partial charge is 0.266 e. The maximum absolute atomic E-state index is 9.58. The first-order chi connectivity index (χ1) is 9.78. The van der Waals surface area contributed by atoms with Crippen molar-refractivity contribution in [2.24, 2.45) is 0 Å². The van der Waals surface area contributed by atoms with Gasteiger partial charge in [0.25, 0.3) is 11.8 Å². The second kappa shape index (κ2) is 5.38. The van der Waals surface area contributed by atoms with Crippen molar-refractivity contribution in [1.82, 2.24) is 10.1 Å². The van der Waals surface area contributed by atoms with Gasteiger partial charge in [-0.3, -0.25) is 0 Å². The van der Waals surface area contributed by atoms with Crippen molar-refractivity contribution < 1.29 is 19.1 Å². The van der Waals surface area contributed by atoms with Gasteiger partial charge in [0.15, 0.2) is 11.5 Å². The van der Waals surface area contributed by atoms with Crippen LogP contribution in [-0.4, -0.2) is 48.7 Å². The summed E-state index contributed by atoms with van der Waals surface area (Å²) in [6.45, 7) is 2.82. The lowest BCUT2D eigenvalue weighted by Crippen LogP contribution is -2.36. The van der Waals surface area contributed by atoms with Crippen molar-refractivity contribution in [3.8, 4) is 23.0 Å². The van der Waals surface area contributed by atoms with Crippen molar-refractivity contribution in [3.63, 3.8) is 0 Å². The van der Waals surface area contributed by atoms with Gasteiger partial charge in [-0.25, -0.2) is 0 Å². The summed E-state index contributed by atoms with van der Waals surface area (Å²) in [4.78, 5) is 6.37. The van der Waals surface area contributed by atoms with Crippen molar-refractivity contribution in [1.29, 1.82) is 0 Å². The fourth-order valence-corrected chi connectivity index (χ4v) is 2.04. The van der Waals surface area contributed by atoms with Crippen LogP contribution < -0.4 is 9.64 Å². The number of phenols is 1. The molecule has 0 unspecified atom stereocenters. The molecule has 2 heterocycles. The summed E-state index contributed by atoms with van der Waals surface area (Å²) < 4.78 is 15.6. The quantitative estimate of drug-likeness (QED) is 0.905. The van der Waals surface area contributed by atoms with E-state index in [9.17, 15) is 5.11 Å². The van der Waals surface area contributed by atoms with Crippen LogP contribution in [0.4, 0.5) is 5.95 Å². The number of ether oxygens (including phenoxy) is 2. The maximum Gasteiger partial charge on any atom is 0.266 e. The summed E-state index contributed by atoms with van der Waals surface area (Å²) >= 11 is 0. The molecule has 0 spiro atoms. The van der Waals surface area contributed by atoms with Crippen LogP contribution in [0.25, 0.3) is 11.5 Å². The molecule has 1 fully saturated rings. The molecule has 0 saturated carbocycles. The molecule has 0 radical (unpaired) electrons. The Hall–Kier alpha value is -2.28. The van der Waals surface area contributed by atoms with Crippen molar-refractivity contribution in [3.05, 3.63) is 18.2 Å². The molecule has 1 N–H and O–H groups in total. The van der Waals surface area contributed by atoms with Gasteiger partial charge in [-0.15, -0.1) is 0 Å². The average molecular weight is 277 g/mol. The van der Waals surface area contributed by atoms with E-state index in [2.05, 4.69) is 10.1 Å². The minimum Gasteiger partial charge on any atom is -0.504 e. The number of methoxy groups -OCH3 is 1. The monoisotopic (exact) mass is 277 g/mol. The minimum absolute atomic E-state index is 0.0733. The van der Waals surface area contributed by atoms with Crippen LogP contribution in [0.15, 0.2) is 22.7 Å². The van der Waals surface area contributed by atoms with E-state index in [0.717, 1.165) is 13.1 Å². The number of rotatable bonds is 3. The molecule has 0 amide bonds. The fourth-order valence-electron chi connectivity index (χ4n) is 2.04. The van der Waals surface area contributed by atoms with Crippen LogP contribution in [0.3, 0.4) is 0 Å². The zero-order valence-electron chi connectivity index (χ0n) is 11.1. The summed E-state index contributed by atoms with van der Waals surface area (Å²) in [7, 11) is 1.49. The van der Waals surface area contributed by atoms with E-state index >= 15 is 0 Å². The number of aromatic nitrogens is 2. The van der Waals surface area contributed by atoms with Gasteiger partial charge in [0, 0.05) is 18.7 Å². The molecular weight excluding hydrogens is 262 g/mol. The van der Waals surface area contributed by atoms with E-state index < -0.39 is 0 Å². The van der Waals surface area contributed by atoms with Crippen LogP contribution in [-0.2, 0) is 4.74 Å². The predicted molar refractivity (Wildman–Crippen MR) is 71.0 cm³/mol. The van der Waals surface area contributed by atoms with Crippen LogP contribution in [0.2, 0.25) is 0 Å². The van der Waals surface area contributed by atoms with Crippen LogP contribution in [0.1, 0.15) is 0 Å². The Morgan fingerprint density at radius 1 is 1.30 bits per heavy atom. The molecule has 1 saturated heterocycles. The van der Waals surface area contributed by atoms with E-state index in [1.165, 1.54) is 13.2 Å². The summed E-state index contributed by atoms with van der Waals surface area (Å²) in [5, 5.41) is 13.6. The minimum atomic E-state index is 0.0733. The lowest BCUT2D eigenvalue weighted by atomic mass is 10.2. The molecule has 0 bridgehead atoms. The van der Waals surface area contributed by atoms with Gasteiger partial charge in [-0.1, -0.05) is 0 Å². The molecule has 1 aliphatic heterocycles. The molecule has 1 aromatic carbocycles. The molecular formula is C13H15N3O4. The molecule has 0 atom stereocenters. The van der Waals surface area contributed by atoms with Crippen molar-refractivity contribution >= 4 is 5.95 Å². The van der Waals surface area contributed by atoms with Gasteiger partial charge >= 0.3 is 0 Å². The zero-order chi connectivity index (χ0) is 13.9. The number of hydrogen-bond acceptors (Lipinski definition) is 7. The third kappa shape index (κ3) is 2.39. The highest BCUT2D eigenvalue weighted by Gasteiger charge is 2.18. The van der Waals surface area contributed by atoms with Crippen LogP contribution in [0, 0.1) is 0 Å². The molecule has 2 aromatic rings. The predicted octanol–water partition coefficient (Wildman–Crippen LogP) is 1.29. The van der Waals surface area contributed by atoms with E-state index in [4.69, 9.17) is 14.0 Å². The third-order valence-electron chi connectivity index (χ3n) is 3.14. The first-order valence-electron chi connectivity index (χ1n) is 6.31. The summed E-state index contributed by atoms with van der Waals surface area (Å²) in [6, 6.07) is 4.90. The van der Waals surface area contributed by atoms with Gasteiger partial charge in [-0.2, -0.15) is 4.98 Å². The van der Waals surface area contributed by atoms with Crippen molar-refractivity contribution in [2.75, 3.05) is 38.3 Å². The number of phenolic OH excluding ortho intramolecular Hbond substituents is 1. The molecule has 106 valence electrons. The number of nitrogens with zero attached hydrogens (tertiary/aromatic N) is 3. The standard InChI is InChI=1S/C13H15N3O4/c1-18-11-8-9(2-3-10(11)17)12-14-13(15-20-12)16-4-6-19-7-5-16/h2-3,8,17H,4-7H2,1H3. The summed E-state index contributed by atoms with van der Waals surface area (Å²) in [5.74, 6) is 1.39. The number of aromatic hydroxyl groups is 1. The molecule has 20 heavy (non-hydrogen) atoms. The zero-order valence-corrected chi connectivity index (χ0v) is 11.1. The average Bonchev–Trinajstić information content (AvgIpc) is 2.98. The Morgan fingerprint density at radius 3 is 2.85 bits per heavy atom. The highest BCUT2D eigenvalue weighted by molar-refractivity contribution is 5.60. The molecule has 3 rings (SSSR count). The summed E-state index contributed by atoms with van der Waals surface area (Å²) in [6.07, 6.45) is 0. The van der Waals surface area contributed by atoms with Gasteiger partial charge in [0.2, 0.25) is 0 Å².